The van der Waals surface area contributed by atoms with Crippen LogP contribution in [0.25, 0.3) is 66.5 Å². The van der Waals surface area contributed by atoms with Crippen LogP contribution in [0, 0.1) is 12.8 Å². The first-order valence-corrected chi connectivity index (χ1v) is 16.2. The lowest BCUT2D eigenvalue weighted by molar-refractivity contribution is 0.488. The molecule has 0 saturated heterocycles. The van der Waals surface area contributed by atoms with Crippen molar-refractivity contribution in [1.82, 2.24) is 9.55 Å². The molecule has 2 nitrogen and oxygen atoms in total. The Morgan fingerprint density at radius 2 is 1.26 bits per heavy atom. The molecule has 6 aromatic carbocycles. The molecule has 1 aliphatic rings. The summed E-state index contributed by atoms with van der Waals surface area (Å²) in [6.07, 6.45) is 11.5. The van der Waals surface area contributed by atoms with Gasteiger partial charge in [-0.25, -0.2) is 4.98 Å². The fourth-order valence-electron chi connectivity index (χ4n) is 7.41. The molecule has 0 amide bonds. The SMILES string of the molecule is C/C=C\c1c(C)nc(-c2ccccc2)n1C1C=CC(c2c3ccccc3c(-c3ccc4ccccc4c3)c3ccccc23)=CC1C. The standard InChI is InChI=1S/C44H36N2/c1-4-14-41-30(3)45-44(32-16-6-5-7-17-32)46(41)40-26-25-34(27-29(40)2)42-36-19-10-12-21-38(36)43(39-22-13-11-20-37(39)42)35-24-23-31-15-8-9-18-33(31)28-35/h4-29,40H,1-3H3/b14-4-. The Morgan fingerprint density at radius 3 is 1.91 bits per heavy atom. The zero-order valence-electron chi connectivity index (χ0n) is 26.5. The second-order valence-electron chi connectivity index (χ2n) is 12.4. The Labute approximate surface area is 270 Å². The van der Waals surface area contributed by atoms with Crippen molar-refractivity contribution in [3.05, 3.63) is 163 Å². The number of hydrogen-bond acceptors (Lipinski definition) is 1. The van der Waals surface area contributed by atoms with Crippen LogP contribution in [-0.4, -0.2) is 9.55 Å². The van der Waals surface area contributed by atoms with Crippen molar-refractivity contribution in [1.29, 1.82) is 0 Å². The Hall–Kier alpha value is -5.47. The maximum atomic E-state index is 5.08. The fraction of sp³-hybridized carbons (Fsp3) is 0.114. The van der Waals surface area contributed by atoms with E-state index in [1.807, 2.05) is 0 Å². The van der Waals surface area contributed by atoms with E-state index in [-0.39, 0.29) is 12.0 Å². The average Bonchev–Trinajstić information content (AvgIpc) is 3.42. The van der Waals surface area contributed by atoms with E-state index in [1.165, 1.54) is 54.6 Å². The van der Waals surface area contributed by atoms with Gasteiger partial charge in [0.25, 0.3) is 0 Å². The van der Waals surface area contributed by atoms with E-state index in [0.717, 1.165) is 22.8 Å². The number of hydrogen-bond donors (Lipinski definition) is 0. The second kappa shape index (κ2) is 11.5. The molecule has 8 rings (SSSR count). The molecule has 1 heterocycles. The molecule has 7 aromatic rings. The fourth-order valence-corrected chi connectivity index (χ4v) is 7.41. The van der Waals surface area contributed by atoms with Crippen molar-refractivity contribution >= 4 is 44.0 Å². The van der Waals surface area contributed by atoms with Crippen LogP contribution in [-0.2, 0) is 0 Å². The molecule has 2 atom stereocenters. The summed E-state index contributed by atoms with van der Waals surface area (Å²) in [5, 5.41) is 7.65. The third-order valence-electron chi connectivity index (χ3n) is 9.50. The van der Waals surface area contributed by atoms with Crippen molar-refractivity contribution in [2.24, 2.45) is 5.92 Å². The summed E-state index contributed by atoms with van der Waals surface area (Å²) in [5.74, 6) is 1.26. The van der Waals surface area contributed by atoms with Gasteiger partial charge in [-0.3, -0.25) is 0 Å². The van der Waals surface area contributed by atoms with Gasteiger partial charge in [0.15, 0.2) is 0 Å². The summed E-state index contributed by atoms with van der Waals surface area (Å²) in [5.41, 5.74) is 8.47. The maximum absolute atomic E-state index is 5.08. The van der Waals surface area contributed by atoms with Gasteiger partial charge in [0, 0.05) is 5.56 Å². The summed E-state index contributed by atoms with van der Waals surface area (Å²) in [4.78, 5) is 5.08. The number of aromatic nitrogens is 2. The van der Waals surface area contributed by atoms with Gasteiger partial charge in [0.2, 0.25) is 0 Å². The molecule has 222 valence electrons. The molecule has 0 saturated carbocycles. The van der Waals surface area contributed by atoms with Crippen molar-refractivity contribution in [2.75, 3.05) is 0 Å². The van der Waals surface area contributed by atoms with Gasteiger partial charge in [0.05, 0.1) is 17.4 Å². The van der Waals surface area contributed by atoms with Gasteiger partial charge in [-0.15, -0.1) is 0 Å². The largest absolute Gasteiger partial charge is 0.317 e. The molecule has 46 heavy (non-hydrogen) atoms. The molecule has 1 aliphatic carbocycles. The van der Waals surface area contributed by atoms with E-state index in [1.54, 1.807) is 0 Å². The number of imidazole rings is 1. The highest BCUT2D eigenvalue weighted by molar-refractivity contribution is 6.19. The molecule has 2 unspecified atom stereocenters. The average molecular weight is 593 g/mol. The first-order chi connectivity index (χ1) is 22.6. The molecule has 0 fully saturated rings. The lowest BCUT2D eigenvalue weighted by atomic mass is 9.82. The number of benzene rings is 6. The van der Waals surface area contributed by atoms with E-state index in [0.29, 0.717) is 0 Å². The zero-order chi connectivity index (χ0) is 31.2. The summed E-state index contributed by atoms with van der Waals surface area (Å²) in [6.45, 7) is 6.53. The van der Waals surface area contributed by atoms with Crippen LogP contribution in [0.4, 0.5) is 0 Å². The number of rotatable bonds is 5. The third-order valence-corrected chi connectivity index (χ3v) is 9.50. The van der Waals surface area contributed by atoms with Gasteiger partial charge in [-0.2, -0.15) is 0 Å². The lowest BCUT2D eigenvalue weighted by Crippen LogP contribution is -2.19. The van der Waals surface area contributed by atoms with Gasteiger partial charge in [0.1, 0.15) is 5.82 Å². The highest BCUT2D eigenvalue weighted by Gasteiger charge is 2.27. The minimum Gasteiger partial charge on any atom is -0.317 e. The highest BCUT2D eigenvalue weighted by atomic mass is 15.1. The minimum absolute atomic E-state index is 0.140. The number of fused-ring (bicyclic) bond motifs is 3. The van der Waals surface area contributed by atoms with Crippen molar-refractivity contribution < 1.29 is 0 Å². The van der Waals surface area contributed by atoms with Crippen LogP contribution >= 0.6 is 0 Å². The van der Waals surface area contributed by atoms with Crippen LogP contribution in [0.1, 0.15) is 36.8 Å². The smallest absolute Gasteiger partial charge is 0.141 e. The highest BCUT2D eigenvalue weighted by Crippen LogP contribution is 2.45. The monoisotopic (exact) mass is 592 g/mol. The third kappa shape index (κ3) is 4.61. The molecule has 2 heteroatoms. The van der Waals surface area contributed by atoms with E-state index in [4.69, 9.17) is 4.98 Å². The zero-order valence-corrected chi connectivity index (χ0v) is 26.5. The molecule has 0 aliphatic heterocycles. The van der Waals surface area contributed by atoms with Crippen molar-refractivity contribution in [3.8, 4) is 22.5 Å². The van der Waals surface area contributed by atoms with Crippen LogP contribution in [0.2, 0.25) is 0 Å². The Balaban J connectivity index is 1.30. The van der Waals surface area contributed by atoms with E-state index in [2.05, 4.69) is 177 Å². The first-order valence-electron chi connectivity index (χ1n) is 16.2. The first kappa shape index (κ1) is 28.0. The quantitative estimate of drug-likeness (QED) is 0.182. The minimum atomic E-state index is 0.140. The van der Waals surface area contributed by atoms with Crippen LogP contribution in [0.5, 0.6) is 0 Å². The Morgan fingerprint density at radius 1 is 0.652 bits per heavy atom. The molecular formula is C44H36N2. The molecule has 0 radical (unpaired) electrons. The molecule has 1 aromatic heterocycles. The van der Waals surface area contributed by atoms with Gasteiger partial charge in [-0.05, 0) is 86.5 Å². The Kier molecular flexibility index (Phi) is 6.99. The van der Waals surface area contributed by atoms with Crippen molar-refractivity contribution in [2.45, 2.75) is 26.8 Å². The molecular weight excluding hydrogens is 556 g/mol. The predicted octanol–water partition coefficient (Wildman–Crippen LogP) is 11.8. The van der Waals surface area contributed by atoms with Crippen molar-refractivity contribution in [3.63, 3.8) is 0 Å². The van der Waals surface area contributed by atoms with Gasteiger partial charge >= 0.3 is 0 Å². The number of allylic oxidation sites excluding steroid dienone is 5. The van der Waals surface area contributed by atoms with E-state index >= 15 is 0 Å². The number of nitrogens with zero attached hydrogens (tertiary/aromatic N) is 2. The second-order valence-corrected chi connectivity index (χ2v) is 12.4. The van der Waals surface area contributed by atoms with Gasteiger partial charge < -0.3 is 4.57 Å². The lowest BCUT2D eigenvalue weighted by Gasteiger charge is -2.28. The summed E-state index contributed by atoms with van der Waals surface area (Å²) >= 11 is 0. The molecule has 0 bridgehead atoms. The Bertz CT molecular complexity index is 2290. The number of aryl methyl sites for hydroxylation is 1. The van der Waals surface area contributed by atoms with Crippen LogP contribution < -0.4 is 0 Å². The predicted molar refractivity (Wildman–Crippen MR) is 197 cm³/mol. The normalized spacial score (nSPS) is 16.5. The van der Waals surface area contributed by atoms with E-state index in [9.17, 15) is 0 Å². The topological polar surface area (TPSA) is 17.8 Å². The maximum Gasteiger partial charge on any atom is 0.141 e. The summed E-state index contributed by atoms with van der Waals surface area (Å²) < 4.78 is 2.43. The summed E-state index contributed by atoms with van der Waals surface area (Å²) in [6, 6.07) is 44.1. The van der Waals surface area contributed by atoms with Crippen LogP contribution in [0.3, 0.4) is 0 Å². The summed E-state index contributed by atoms with van der Waals surface area (Å²) in [7, 11) is 0. The van der Waals surface area contributed by atoms with Gasteiger partial charge in [-0.1, -0.05) is 146 Å². The molecule has 0 spiro atoms. The van der Waals surface area contributed by atoms with E-state index < -0.39 is 0 Å². The molecule has 0 N–H and O–H groups in total. The van der Waals surface area contributed by atoms with Crippen LogP contribution in [0.15, 0.2) is 146 Å².